The molecule has 2 heterocycles. The predicted molar refractivity (Wildman–Crippen MR) is 98.5 cm³/mol. The Labute approximate surface area is 161 Å². The van der Waals surface area contributed by atoms with Crippen LogP contribution in [0.1, 0.15) is 24.4 Å². The first-order valence-corrected chi connectivity index (χ1v) is 8.84. The van der Waals surface area contributed by atoms with Crippen LogP contribution in [-0.4, -0.2) is 29.4 Å². The minimum Gasteiger partial charge on any atom is -0.454 e. The summed E-state index contributed by atoms with van der Waals surface area (Å²) in [6, 6.07) is 14.6. The second-order valence-corrected chi connectivity index (χ2v) is 6.29. The highest BCUT2D eigenvalue weighted by molar-refractivity contribution is 5.77. The first kappa shape index (κ1) is 18.0. The Morgan fingerprint density at radius 2 is 2.00 bits per heavy atom. The predicted octanol–water partition coefficient (Wildman–Crippen LogP) is 2.86. The zero-order valence-corrected chi connectivity index (χ0v) is 15.3. The lowest BCUT2D eigenvalue weighted by Gasteiger charge is -2.10. The second-order valence-electron chi connectivity index (χ2n) is 6.29. The van der Waals surface area contributed by atoms with Crippen LogP contribution in [0.5, 0.6) is 11.5 Å². The van der Waals surface area contributed by atoms with Crippen LogP contribution in [0.2, 0.25) is 0 Å². The molecule has 0 bridgehead atoms. The van der Waals surface area contributed by atoms with Crippen molar-refractivity contribution in [2.24, 2.45) is 0 Å². The van der Waals surface area contributed by atoms with Crippen LogP contribution >= 0.6 is 0 Å². The second kappa shape index (κ2) is 8.10. The molecule has 3 aromatic rings. The van der Waals surface area contributed by atoms with E-state index in [1.165, 1.54) is 0 Å². The van der Waals surface area contributed by atoms with Gasteiger partial charge in [-0.05, 0) is 30.7 Å². The number of fused-ring (bicyclic) bond motifs is 1. The third-order valence-corrected chi connectivity index (χ3v) is 4.17. The Hall–Kier alpha value is -3.39. The minimum atomic E-state index is -0.442. The molecule has 0 radical (unpaired) electrons. The fourth-order valence-electron chi connectivity index (χ4n) is 2.74. The van der Waals surface area contributed by atoms with E-state index >= 15 is 0 Å². The van der Waals surface area contributed by atoms with Gasteiger partial charge in [0.25, 0.3) is 0 Å². The largest absolute Gasteiger partial charge is 0.454 e. The summed E-state index contributed by atoms with van der Waals surface area (Å²) in [5, 5.41) is 6.76. The lowest BCUT2D eigenvalue weighted by molar-refractivity contribution is -0.126. The van der Waals surface area contributed by atoms with E-state index in [9.17, 15) is 4.79 Å². The van der Waals surface area contributed by atoms with E-state index < -0.39 is 6.04 Å². The first-order chi connectivity index (χ1) is 13.7. The molecule has 1 aliphatic heterocycles. The van der Waals surface area contributed by atoms with Crippen molar-refractivity contribution in [3.8, 4) is 22.9 Å². The normalized spacial score (nSPS) is 13.3. The number of aromatic nitrogens is 2. The van der Waals surface area contributed by atoms with Crippen molar-refractivity contribution in [1.29, 1.82) is 0 Å². The molecule has 2 aromatic carbocycles. The lowest BCUT2D eigenvalue weighted by Crippen LogP contribution is -2.30. The van der Waals surface area contributed by atoms with Crippen molar-refractivity contribution >= 4 is 5.91 Å². The summed E-state index contributed by atoms with van der Waals surface area (Å²) in [6.07, 6.45) is 0. The molecule has 0 spiro atoms. The molecule has 8 heteroatoms. The maximum absolute atomic E-state index is 12.1. The van der Waals surface area contributed by atoms with Gasteiger partial charge in [0.05, 0.1) is 6.61 Å². The molecule has 4 rings (SSSR count). The van der Waals surface area contributed by atoms with Crippen LogP contribution in [0.25, 0.3) is 11.4 Å². The molecule has 1 amide bonds. The van der Waals surface area contributed by atoms with Crippen LogP contribution < -0.4 is 14.8 Å². The molecule has 144 valence electrons. The van der Waals surface area contributed by atoms with Crippen LogP contribution in [0, 0.1) is 0 Å². The van der Waals surface area contributed by atoms with Crippen molar-refractivity contribution in [3.63, 3.8) is 0 Å². The van der Waals surface area contributed by atoms with Gasteiger partial charge >= 0.3 is 0 Å². The number of hydrogen-bond donors (Lipinski definition) is 1. The lowest BCUT2D eigenvalue weighted by atomic mass is 10.2. The highest BCUT2D eigenvalue weighted by Crippen LogP contribution is 2.35. The van der Waals surface area contributed by atoms with Gasteiger partial charge in [-0.25, -0.2) is 0 Å². The quantitative estimate of drug-likeness (QED) is 0.672. The van der Waals surface area contributed by atoms with Crippen molar-refractivity contribution < 1.29 is 23.5 Å². The number of carbonyl (C=O) groups is 1. The number of benzene rings is 2. The third-order valence-electron chi connectivity index (χ3n) is 4.17. The van der Waals surface area contributed by atoms with E-state index in [-0.39, 0.29) is 19.3 Å². The highest BCUT2D eigenvalue weighted by atomic mass is 16.7. The van der Waals surface area contributed by atoms with E-state index in [1.54, 1.807) is 19.1 Å². The van der Waals surface area contributed by atoms with Gasteiger partial charge in [0.1, 0.15) is 12.6 Å². The van der Waals surface area contributed by atoms with E-state index in [0.717, 1.165) is 11.1 Å². The summed E-state index contributed by atoms with van der Waals surface area (Å²) in [5.74, 6) is 1.79. The number of nitrogens with zero attached hydrogens (tertiary/aromatic N) is 2. The Kier molecular flexibility index (Phi) is 5.20. The molecule has 1 aliphatic rings. The Balaban J connectivity index is 1.31. The Morgan fingerprint density at radius 1 is 1.18 bits per heavy atom. The number of amides is 1. The Bertz CT molecular complexity index is 957. The zero-order valence-electron chi connectivity index (χ0n) is 15.3. The number of rotatable bonds is 7. The van der Waals surface area contributed by atoms with Gasteiger partial charge in [-0.15, -0.1) is 0 Å². The number of nitrogens with one attached hydrogen (secondary N) is 1. The average molecular weight is 381 g/mol. The van der Waals surface area contributed by atoms with Crippen LogP contribution in [-0.2, 0) is 16.1 Å². The highest BCUT2D eigenvalue weighted by Gasteiger charge is 2.19. The van der Waals surface area contributed by atoms with Crippen molar-refractivity contribution in [1.82, 2.24) is 15.5 Å². The molecule has 1 aromatic heterocycles. The molecule has 1 atom stereocenters. The molecular formula is C20H19N3O5. The van der Waals surface area contributed by atoms with Gasteiger partial charge in [0, 0.05) is 5.56 Å². The molecule has 0 saturated heterocycles. The molecule has 0 unspecified atom stereocenters. The summed E-state index contributed by atoms with van der Waals surface area (Å²) in [7, 11) is 0. The minimum absolute atomic E-state index is 0.0532. The van der Waals surface area contributed by atoms with Gasteiger partial charge in [-0.1, -0.05) is 35.5 Å². The van der Waals surface area contributed by atoms with E-state index in [0.29, 0.717) is 29.8 Å². The van der Waals surface area contributed by atoms with Gasteiger partial charge in [0.2, 0.25) is 24.4 Å². The standard InChI is InChI=1S/C20H19N3O5/c1-13(21-18(24)11-25-10-14-5-3-2-4-6-14)20-22-19(23-28-20)15-7-8-16-17(9-15)27-12-26-16/h2-9,13H,10-12H2,1H3,(H,21,24)/t13-/m0/s1. The summed E-state index contributed by atoms with van der Waals surface area (Å²) < 4.78 is 21.4. The van der Waals surface area contributed by atoms with Crippen LogP contribution in [0.15, 0.2) is 53.1 Å². The van der Waals surface area contributed by atoms with Gasteiger partial charge in [0.15, 0.2) is 11.5 Å². The maximum atomic E-state index is 12.1. The summed E-state index contributed by atoms with van der Waals surface area (Å²) >= 11 is 0. The maximum Gasteiger partial charge on any atom is 0.249 e. The SMILES string of the molecule is C[C@H](NC(=O)COCc1ccccc1)c1nc(-c2ccc3c(c2)OCO3)no1. The summed E-state index contributed by atoms with van der Waals surface area (Å²) in [4.78, 5) is 16.4. The van der Waals surface area contributed by atoms with E-state index in [1.807, 2.05) is 36.4 Å². The van der Waals surface area contributed by atoms with E-state index in [2.05, 4.69) is 15.5 Å². The van der Waals surface area contributed by atoms with Gasteiger partial charge < -0.3 is 24.1 Å². The molecule has 0 fully saturated rings. The fraction of sp³-hybridized carbons (Fsp3) is 0.250. The smallest absolute Gasteiger partial charge is 0.249 e. The van der Waals surface area contributed by atoms with Gasteiger partial charge in [-0.2, -0.15) is 4.98 Å². The van der Waals surface area contributed by atoms with E-state index in [4.69, 9.17) is 18.7 Å². The number of hydrogen-bond acceptors (Lipinski definition) is 7. The summed E-state index contributed by atoms with van der Waals surface area (Å²) in [6.45, 7) is 2.29. The topological polar surface area (TPSA) is 95.7 Å². The van der Waals surface area contributed by atoms with Gasteiger partial charge in [-0.3, -0.25) is 4.79 Å². The monoisotopic (exact) mass is 381 g/mol. The third kappa shape index (κ3) is 4.12. The molecule has 0 aliphatic carbocycles. The molecule has 1 N–H and O–H groups in total. The fourth-order valence-corrected chi connectivity index (χ4v) is 2.74. The molecule has 28 heavy (non-hydrogen) atoms. The van der Waals surface area contributed by atoms with Crippen molar-refractivity contribution in [2.45, 2.75) is 19.6 Å². The number of ether oxygens (including phenoxy) is 3. The van der Waals surface area contributed by atoms with Crippen molar-refractivity contribution in [3.05, 3.63) is 60.0 Å². The molecule has 8 nitrogen and oxygen atoms in total. The number of carbonyl (C=O) groups excluding carboxylic acids is 1. The van der Waals surface area contributed by atoms with Crippen LogP contribution in [0.3, 0.4) is 0 Å². The Morgan fingerprint density at radius 3 is 2.86 bits per heavy atom. The van der Waals surface area contributed by atoms with Crippen molar-refractivity contribution in [2.75, 3.05) is 13.4 Å². The zero-order chi connectivity index (χ0) is 19.3. The molecular weight excluding hydrogens is 362 g/mol. The summed E-state index contributed by atoms with van der Waals surface area (Å²) in [5.41, 5.74) is 1.75. The first-order valence-electron chi connectivity index (χ1n) is 8.84. The molecule has 0 saturated carbocycles. The van der Waals surface area contributed by atoms with Crippen LogP contribution in [0.4, 0.5) is 0 Å². The average Bonchev–Trinajstić information content (AvgIpc) is 3.38.